The zero-order valence-electron chi connectivity index (χ0n) is 11.2. The van der Waals surface area contributed by atoms with E-state index in [1.165, 1.54) is 0 Å². The molecule has 2 rings (SSSR count). The second-order valence-corrected chi connectivity index (χ2v) is 4.44. The fraction of sp³-hybridized carbons (Fsp3) is 0.500. The van der Waals surface area contributed by atoms with Gasteiger partial charge in [-0.1, -0.05) is 0 Å². The molecule has 0 amide bonds. The highest BCUT2D eigenvalue weighted by Gasteiger charge is 2.09. The van der Waals surface area contributed by atoms with Crippen LogP contribution in [-0.4, -0.2) is 26.7 Å². The van der Waals surface area contributed by atoms with E-state index < -0.39 is 0 Å². The molecule has 2 aromatic heterocycles. The fourth-order valence-corrected chi connectivity index (χ4v) is 1.87. The summed E-state index contributed by atoms with van der Waals surface area (Å²) >= 11 is 0. The molecule has 2 heterocycles. The summed E-state index contributed by atoms with van der Waals surface area (Å²) in [4.78, 5) is 0. The van der Waals surface area contributed by atoms with Crippen LogP contribution in [0.1, 0.15) is 25.6 Å². The molecular formula is C12H19N5O. The van der Waals surface area contributed by atoms with Gasteiger partial charge in [0.2, 0.25) is 0 Å². The molecule has 0 aliphatic rings. The van der Waals surface area contributed by atoms with Crippen LogP contribution in [0.15, 0.2) is 18.5 Å². The second kappa shape index (κ2) is 5.12. The first-order chi connectivity index (χ1) is 8.61. The molecule has 0 saturated carbocycles. The van der Waals surface area contributed by atoms with Crippen LogP contribution in [0.3, 0.4) is 0 Å². The van der Waals surface area contributed by atoms with E-state index in [2.05, 4.69) is 29.4 Å². The second-order valence-electron chi connectivity index (χ2n) is 4.44. The number of anilines is 1. The summed E-state index contributed by atoms with van der Waals surface area (Å²) in [6, 6.07) is 2.36. The van der Waals surface area contributed by atoms with E-state index in [1.807, 2.05) is 30.2 Å². The van der Waals surface area contributed by atoms with Gasteiger partial charge in [0, 0.05) is 19.3 Å². The van der Waals surface area contributed by atoms with E-state index in [4.69, 9.17) is 4.74 Å². The summed E-state index contributed by atoms with van der Waals surface area (Å²) in [6.07, 6.45) is 3.71. The zero-order chi connectivity index (χ0) is 13.1. The Kier molecular flexibility index (Phi) is 3.55. The van der Waals surface area contributed by atoms with Gasteiger partial charge in [-0.2, -0.15) is 5.10 Å². The Bertz CT molecular complexity index is 514. The Hall–Kier alpha value is -1.98. The molecular weight excluding hydrogens is 230 g/mol. The Morgan fingerprint density at radius 2 is 2.22 bits per heavy atom. The van der Waals surface area contributed by atoms with Gasteiger partial charge >= 0.3 is 0 Å². The summed E-state index contributed by atoms with van der Waals surface area (Å²) < 4.78 is 8.92. The quantitative estimate of drug-likeness (QED) is 0.878. The van der Waals surface area contributed by atoms with Gasteiger partial charge in [0.25, 0.3) is 5.88 Å². The zero-order valence-corrected chi connectivity index (χ0v) is 11.2. The lowest BCUT2D eigenvalue weighted by Crippen LogP contribution is -2.11. The number of hydrogen-bond acceptors (Lipinski definition) is 4. The van der Waals surface area contributed by atoms with E-state index in [9.17, 15) is 0 Å². The first-order valence-corrected chi connectivity index (χ1v) is 5.95. The molecule has 0 aromatic carbocycles. The summed E-state index contributed by atoms with van der Waals surface area (Å²) in [7, 11) is 3.48. The first kappa shape index (κ1) is 12.5. The molecule has 0 spiro atoms. The van der Waals surface area contributed by atoms with Gasteiger partial charge < -0.3 is 10.1 Å². The number of aryl methyl sites for hydroxylation is 1. The van der Waals surface area contributed by atoms with Gasteiger partial charge in [0.05, 0.1) is 25.5 Å². The maximum Gasteiger partial charge on any atom is 0.256 e. The third-order valence-corrected chi connectivity index (χ3v) is 2.69. The van der Waals surface area contributed by atoms with Crippen LogP contribution in [0.25, 0.3) is 0 Å². The van der Waals surface area contributed by atoms with Crippen molar-refractivity contribution in [2.75, 3.05) is 12.4 Å². The van der Waals surface area contributed by atoms with Gasteiger partial charge in [0.1, 0.15) is 5.69 Å². The minimum atomic E-state index is 0.354. The van der Waals surface area contributed by atoms with E-state index in [0.717, 1.165) is 11.4 Å². The van der Waals surface area contributed by atoms with E-state index in [1.54, 1.807) is 11.8 Å². The summed E-state index contributed by atoms with van der Waals surface area (Å²) in [5.74, 6) is 0.605. The maximum atomic E-state index is 5.20. The van der Waals surface area contributed by atoms with Gasteiger partial charge in [0.15, 0.2) is 0 Å². The molecule has 0 aliphatic carbocycles. The van der Waals surface area contributed by atoms with Crippen molar-refractivity contribution in [2.24, 2.45) is 7.05 Å². The highest BCUT2D eigenvalue weighted by molar-refractivity contribution is 5.51. The van der Waals surface area contributed by atoms with Gasteiger partial charge in [-0.3, -0.25) is 9.36 Å². The summed E-state index contributed by atoms with van der Waals surface area (Å²) in [6.45, 7) is 4.92. The molecule has 0 bridgehead atoms. The Balaban J connectivity index is 2.09. The molecule has 0 atom stereocenters. The van der Waals surface area contributed by atoms with Crippen LogP contribution in [0.2, 0.25) is 0 Å². The van der Waals surface area contributed by atoms with Crippen molar-refractivity contribution in [2.45, 2.75) is 26.4 Å². The van der Waals surface area contributed by atoms with Gasteiger partial charge in [-0.15, -0.1) is 5.10 Å². The van der Waals surface area contributed by atoms with Crippen molar-refractivity contribution in [3.63, 3.8) is 0 Å². The monoisotopic (exact) mass is 249 g/mol. The van der Waals surface area contributed by atoms with Crippen LogP contribution < -0.4 is 10.1 Å². The molecule has 98 valence electrons. The van der Waals surface area contributed by atoms with Gasteiger partial charge in [-0.25, -0.2) is 0 Å². The SMILES string of the molecule is COc1nn(C)cc1NCc1ccnn1C(C)C. The third-order valence-electron chi connectivity index (χ3n) is 2.69. The highest BCUT2D eigenvalue weighted by atomic mass is 16.5. The number of aromatic nitrogens is 4. The van der Waals surface area contributed by atoms with Crippen molar-refractivity contribution in [1.82, 2.24) is 19.6 Å². The van der Waals surface area contributed by atoms with Crippen molar-refractivity contribution in [1.29, 1.82) is 0 Å². The molecule has 0 saturated heterocycles. The minimum Gasteiger partial charge on any atom is -0.478 e. The minimum absolute atomic E-state index is 0.354. The van der Waals surface area contributed by atoms with Crippen LogP contribution in [0.5, 0.6) is 5.88 Å². The largest absolute Gasteiger partial charge is 0.478 e. The molecule has 6 nitrogen and oxygen atoms in total. The topological polar surface area (TPSA) is 56.9 Å². The lowest BCUT2D eigenvalue weighted by molar-refractivity contribution is 0.393. The highest BCUT2D eigenvalue weighted by Crippen LogP contribution is 2.22. The van der Waals surface area contributed by atoms with E-state index in [0.29, 0.717) is 18.5 Å². The van der Waals surface area contributed by atoms with Gasteiger partial charge in [-0.05, 0) is 19.9 Å². The number of ether oxygens (including phenoxy) is 1. The average molecular weight is 249 g/mol. The molecule has 6 heteroatoms. The number of nitrogens with one attached hydrogen (secondary N) is 1. The Labute approximate surface area is 107 Å². The normalized spacial score (nSPS) is 10.9. The summed E-state index contributed by atoms with van der Waals surface area (Å²) in [5, 5.41) is 11.8. The van der Waals surface area contributed by atoms with Crippen LogP contribution >= 0.6 is 0 Å². The number of hydrogen-bond donors (Lipinski definition) is 1. The predicted octanol–water partition coefficient (Wildman–Crippen LogP) is 1.82. The van der Waals surface area contributed by atoms with Crippen LogP contribution in [0, 0.1) is 0 Å². The molecule has 0 aliphatic heterocycles. The smallest absolute Gasteiger partial charge is 0.256 e. The van der Waals surface area contributed by atoms with Crippen molar-refractivity contribution >= 4 is 5.69 Å². The molecule has 18 heavy (non-hydrogen) atoms. The Morgan fingerprint density at radius 3 is 2.89 bits per heavy atom. The predicted molar refractivity (Wildman–Crippen MR) is 69.7 cm³/mol. The fourth-order valence-electron chi connectivity index (χ4n) is 1.87. The average Bonchev–Trinajstić information content (AvgIpc) is 2.92. The molecule has 0 radical (unpaired) electrons. The lowest BCUT2D eigenvalue weighted by Gasteiger charge is -2.11. The summed E-state index contributed by atoms with van der Waals surface area (Å²) in [5.41, 5.74) is 2.02. The van der Waals surface area contributed by atoms with Crippen LogP contribution in [-0.2, 0) is 13.6 Å². The van der Waals surface area contributed by atoms with Crippen molar-refractivity contribution < 1.29 is 4.74 Å². The standard InChI is InChI=1S/C12H19N5O/c1-9(2)17-10(5-6-14-17)7-13-11-8-16(3)15-12(11)18-4/h5-6,8-9,13H,7H2,1-4H3. The maximum absolute atomic E-state index is 5.20. The van der Waals surface area contributed by atoms with E-state index in [-0.39, 0.29) is 0 Å². The number of methoxy groups -OCH3 is 1. The molecule has 1 N–H and O–H groups in total. The Morgan fingerprint density at radius 1 is 1.44 bits per heavy atom. The molecule has 0 unspecified atom stereocenters. The van der Waals surface area contributed by atoms with Crippen LogP contribution in [0.4, 0.5) is 5.69 Å². The third kappa shape index (κ3) is 2.47. The molecule has 2 aromatic rings. The number of rotatable bonds is 5. The van der Waals surface area contributed by atoms with Crippen molar-refractivity contribution in [3.8, 4) is 5.88 Å². The van der Waals surface area contributed by atoms with Crippen molar-refractivity contribution in [3.05, 3.63) is 24.2 Å². The number of nitrogens with zero attached hydrogens (tertiary/aromatic N) is 4. The van der Waals surface area contributed by atoms with E-state index >= 15 is 0 Å². The molecule has 0 fully saturated rings. The lowest BCUT2D eigenvalue weighted by atomic mass is 10.3. The first-order valence-electron chi connectivity index (χ1n) is 5.95.